The fraction of sp³-hybridized carbons (Fsp3) is 0.400. The van der Waals surface area contributed by atoms with E-state index in [0.29, 0.717) is 16.4 Å². The van der Waals surface area contributed by atoms with Gasteiger partial charge >= 0.3 is 0 Å². The maximum atomic E-state index is 13.0. The molecule has 176 valence electrons. The van der Waals surface area contributed by atoms with E-state index in [9.17, 15) is 18.4 Å². The average Bonchev–Trinajstić information content (AvgIpc) is 2.84. The molecule has 1 atom stereocenters. The van der Waals surface area contributed by atoms with Crippen LogP contribution in [0.25, 0.3) is 0 Å². The maximum absolute atomic E-state index is 13.0. The highest BCUT2D eigenvalue weighted by molar-refractivity contribution is 7.91. The third-order valence-corrected chi connectivity index (χ3v) is 7.44. The van der Waals surface area contributed by atoms with Crippen LogP contribution in [-0.2, 0) is 21.2 Å². The maximum Gasteiger partial charge on any atom is 0.233 e. The van der Waals surface area contributed by atoms with Gasteiger partial charge in [0.15, 0.2) is 9.84 Å². The van der Waals surface area contributed by atoms with Gasteiger partial charge < -0.3 is 4.74 Å². The first-order valence-corrected chi connectivity index (χ1v) is 12.7. The Balaban J connectivity index is 1.72. The van der Waals surface area contributed by atoms with Crippen LogP contribution in [0.4, 0.5) is 0 Å². The zero-order valence-corrected chi connectivity index (χ0v) is 19.6. The minimum absolute atomic E-state index is 0.0856. The topological polar surface area (TPSA) is 87.2 Å². The second-order valence-electron chi connectivity index (χ2n) is 8.05. The van der Waals surface area contributed by atoms with Crippen molar-refractivity contribution in [1.29, 1.82) is 0 Å². The van der Waals surface area contributed by atoms with E-state index in [4.69, 9.17) is 4.74 Å². The summed E-state index contributed by atoms with van der Waals surface area (Å²) >= 11 is 0. The van der Waals surface area contributed by atoms with Crippen molar-refractivity contribution in [2.75, 3.05) is 25.4 Å². The first-order valence-electron chi connectivity index (χ1n) is 11.0. The highest BCUT2D eigenvalue weighted by Gasteiger charge is 2.27. The van der Waals surface area contributed by atoms with Crippen molar-refractivity contribution < 1.29 is 23.2 Å². The summed E-state index contributed by atoms with van der Waals surface area (Å²) < 4.78 is 31.4. The van der Waals surface area contributed by atoms with Gasteiger partial charge in [0.2, 0.25) is 6.41 Å². The molecule has 2 aromatic carbocycles. The van der Waals surface area contributed by atoms with Crippen LogP contribution in [-0.4, -0.2) is 55.4 Å². The van der Waals surface area contributed by atoms with Crippen LogP contribution in [0, 0.1) is 11.8 Å². The SMILES string of the molecule is CC#CCOc1ccc(S(=O)(=O)CC(c2ccc(CN3CCCCC3)cc2)N(O)C=O)cc1. The molecular weight excluding hydrogens is 440 g/mol. The third kappa shape index (κ3) is 7.06. The number of nitrogens with zero attached hydrogens (tertiary/aromatic N) is 2. The van der Waals surface area contributed by atoms with Crippen LogP contribution in [0.3, 0.4) is 0 Å². The van der Waals surface area contributed by atoms with E-state index in [-0.39, 0.29) is 17.9 Å². The van der Waals surface area contributed by atoms with Gasteiger partial charge in [0.05, 0.1) is 16.7 Å². The molecule has 0 saturated carbocycles. The zero-order valence-electron chi connectivity index (χ0n) is 18.8. The highest BCUT2D eigenvalue weighted by atomic mass is 32.2. The molecule has 1 unspecified atom stereocenters. The summed E-state index contributed by atoms with van der Waals surface area (Å²) in [6, 6.07) is 12.4. The largest absolute Gasteiger partial charge is 0.481 e. The van der Waals surface area contributed by atoms with Gasteiger partial charge in [-0.3, -0.25) is 14.9 Å². The van der Waals surface area contributed by atoms with Crippen LogP contribution >= 0.6 is 0 Å². The molecule has 2 aromatic rings. The first-order chi connectivity index (χ1) is 15.9. The number of amides is 1. The Kier molecular flexibility index (Phi) is 8.89. The number of carbonyl (C=O) groups excluding carboxylic acids is 1. The lowest BCUT2D eigenvalue weighted by Crippen LogP contribution is -2.30. The van der Waals surface area contributed by atoms with Crippen molar-refractivity contribution in [3.05, 3.63) is 59.7 Å². The van der Waals surface area contributed by atoms with Gasteiger partial charge in [0.25, 0.3) is 0 Å². The van der Waals surface area contributed by atoms with Crippen LogP contribution in [0.2, 0.25) is 0 Å². The molecule has 7 nitrogen and oxygen atoms in total. The van der Waals surface area contributed by atoms with Gasteiger partial charge in [-0.2, -0.15) is 0 Å². The van der Waals surface area contributed by atoms with Gasteiger partial charge in [0.1, 0.15) is 12.4 Å². The van der Waals surface area contributed by atoms with E-state index in [2.05, 4.69) is 16.7 Å². The lowest BCUT2D eigenvalue weighted by molar-refractivity contribution is -0.158. The monoisotopic (exact) mass is 470 g/mol. The molecule has 1 aliphatic heterocycles. The van der Waals surface area contributed by atoms with Gasteiger partial charge in [-0.1, -0.05) is 36.6 Å². The number of benzene rings is 2. The number of sulfone groups is 1. The Morgan fingerprint density at radius 2 is 1.76 bits per heavy atom. The molecule has 1 N–H and O–H groups in total. The number of carbonyl (C=O) groups is 1. The molecule has 1 fully saturated rings. The predicted molar refractivity (Wildman–Crippen MR) is 125 cm³/mol. The molecule has 0 bridgehead atoms. The summed E-state index contributed by atoms with van der Waals surface area (Å²) in [5.41, 5.74) is 1.66. The first kappa shape index (κ1) is 24.8. The van der Waals surface area contributed by atoms with E-state index < -0.39 is 21.6 Å². The number of piperidine rings is 1. The van der Waals surface area contributed by atoms with Crippen molar-refractivity contribution >= 4 is 16.2 Å². The number of hydrogen-bond donors (Lipinski definition) is 1. The Labute approximate surface area is 195 Å². The van der Waals surface area contributed by atoms with Crippen molar-refractivity contribution in [1.82, 2.24) is 9.96 Å². The summed E-state index contributed by atoms with van der Waals surface area (Å²) in [5.74, 6) is 5.55. The van der Waals surface area contributed by atoms with E-state index in [1.54, 1.807) is 31.2 Å². The normalized spacial score (nSPS) is 15.2. The van der Waals surface area contributed by atoms with Gasteiger partial charge in [-0.25, -0.2) is 13.5 Å². The minimum Gasteiger partial charge on any atom is -0.481 e. The fourth-order valence-electron chi connectivity index (χ4n) is 3.86. The fourth-order valence-corrected chi connectivity index (χ4v) is 5.36. The van der Waals surface area contributed by atoms with Gasteiger partial charge in [-0.15, -0.1) is 5.92 Å². The summed E-state index contributed by atoms with van der Waals surface area (Å²) in [6.07, 6.45) is 3.91. The summed E-state index contributed by atoms with van der Waals surface area (Å²) in [5, 5.41) is 10.6. The van der Waals surface area contributed by atoms with Crippen LogP contribution in [0.1, 0.15) is 43.4 Å². The lowest BCUT2D eigenvalue weighted by Gasteiger charge is -2.27. The standard InChI is InChI=1S/C25H30N2O5S/c1-2-3-17-32-23-11-13-24(14-12-23)33(30,31)19-25(27(29)20-28)22-9-7-21(8-10-22)18-26-15-5-4-6-16-26/h7-14,20,25,29H,4-6,15-19H2,1H3. The second-order valence-corrected chi connectivity index (χ2v) is 10.1. The number of hydroxylamine groups is 2. The molecule has 1 heterocycles. The molecule has 1 amide bonds. The molecule has 33 heavy (non-hydrogen) atoms. The van der Waals surface area contributed by atoms with Crippen LogP contribution < -0.4 is 4.74 Å². The van der Waals surface area contributed by atoms with Crippen molar-refractivity contribution in [3.8, 4) is 17.6 Å². The molecular formula is C25H30N2O5S. The Morgan fingerprint density at radius 1 is 1.09 bits per heavy atom. The van der Waals surface area contributed by atoms with E-state index in [0.717, 1.165) is 25.2 Å². The Bertz CT molecular complexity index is 1070. The van der Waals surface area contributed by atoms with E-state index >= 15 is 0 Å². The van der Waals surface area contributed by atoms with Crippen LogP contribution in [0.15, 0.2) is 53.4 Å². The zero-order chi connectivity index (χ0) is 23.7. The molecule has 0 radical (unpaired) electrons. The van der Waals surface area contributed by atoms with Crippen molar-refractivity contribution in [2.45, 2.75) is 43.7 Å². The summed E-state index contributed by atoms with van der Waals surface area (Å²) in [7, 11) is -3.79. The Hall–Kier alpha value is -2.86. The smallest absolute Gasteiger partial charge is 0.233 e. The minimum atomic E-state index is -3.79. The summed E-state index contributed by atoms with van der Waals surface area (Å²) in [4.78, 5) is 13.8. The lowest BCUT2D eigenvalue weighted by atomic mass is 10.0. The number of likely N-dealkylation sites (tertiary alicyclic amines) is 1. The highest BCUT2D eigenvalue weighted by Crippen LogP contribution is 2.26. The van der Waals surface area contributed by atoms with Crippen molar-refractivity contribution in [3.63, 3.8) is 0 Å². The van der Waals surface area contributed by atoms with Crippen molar-refractivity contribution in [2.24, 2.45) is 0 Å². The second kappa shape index (κ2) is 11.8. The number of rotatable bonds is 10. The molecule has 0 aliphatic carbocycles. The summed E-state index contributed by atoms with van der Waals surface area (Å²) in [6.45, 7) is 4.92. The van der Waals surface area contributed by atoms with Gasteiger partial charge in [0, 0.05) is 6.54 Å². The predicted octanol–water partition coefficient (Wildman–Crippen LogP) is 3.44. The average molecular weight is 471 g/mol. The van der Waals surface area contributed by atoms with Gasteiger partial charge in [-0.05, 0) is 68.2 Å². The third-order valence-electron chi connectivity index (χ3n) is 5.69. The Morgan fingerprint density at radius 3 is 2.36 bits per heavy atom. The molecule has 8 heteroatoms. The quantitative estimate of drug-likeness (QED) is 0.248. The van der Waals surface area contributed by atoms with E-state index in [1.165, 1.54) is 31.4 Å². The van der Waals surface area contributed by atoms with E-state index in [1.807, 2.05) is 12.1 Å². The number of hydrogen-bond acceptors (Lipinski definition) is 6. The molecule has 1 aliphatic rings. The number of ether oxygens (including phenoxy) is 1. The molecule has 1 saturated heterocycles. The van der Waals surface area contributed by atoms with Crippen LogP contribution in [0.5, 0.6) is 5.75 Å². The molecule has 3 rings (SSSR count). The molecule has 0 spiro atoms. The molecule has 0 aromatic heterocycles.